The molecular formula is C19H26NO. The second kappa shape index (κ2) is 6.31. The Balaban J connectivity index is 1.93. The number of nitrogens with one attached hydrogen (secondary N) is 1. The largest absolute Gasteiger partial charge is 0.315 e. The Bertz CT molecular complexity index is 479. The van der Waals surface area contributed by atoms with E-state index in [-0.39, 0.29) is 11.3 Å². The fourth-order valence-corrected chi connectivity index (χ4v) is 3.97. The molecule has 1 radical (unpaired) electrons. The van der Waals surface area contributed by atoms with Gasteiger partial charge in [0.05, 0.1) is 5.41 Å². The van der Waals surface area contributed by atoms with Gasteiger partial charge in [-0.3, -0.25) is 4.79 Å². The molecule has 0 amide bonds. The summed E-state index contributed by atoms with van der Waals surface area (Å²) in [6, 6.07) is 8.75. The van der Waals surface area contributed by atoms with Crippen LogP contribution in [0.1, 0.15) is 50.2 Å². The summed E-state index contributed by atoms with van der Waals surface area (Å²) < 4.78 is 0. The number of aryl methyl sites for hydroxylation is 1. The maximum Gasteiger partial charge on any atom is 0.147 e. The number of hydrogen-bond donors (Lipinski definition) is 1. The van der Waals surface area contributed by atoms with Crippen molar-refractivity contribution in [1.29, 1.82) is 0 Å². The SMILES string of the molecule is CCc1ccc(C2(C(=O)C3CCCC3)C[CH]CNC2)cc1. The van der Waals surface area contributed by atoms with E-state index in [1.54, 1.807) is 0 Å². The van der Waals surface area contributed by atoms with Crippen molar-refractivity contribution in [3.8, 4) is 0 Å². The predicted octanol–water partition coefficient (Wildman–Crippen LogP) is 3.44. The van der Waals surface area contributed by atoms with Crippen LogP contribution in [0.25, 0.3) is 0 Å². The number of carbonyl (C=O) groups excluding carboxylic acids is 1. The van der Waals surface area contributed by atoms with Gasteiger partial charge in [0.25, 0.3) is 0 Å². The standard InChI is InChI=1S/C19H26NO/c1-2-15-8-10-17(11-9-15)19(12-5-13-20-14-19)18(21)16-6-3-4-7-16/h5,8-11,16,20H,2-4,6-7,12-14H2,1H3. The maximum atomic E-state index is 13.2. The Morgan fingerprint density at radius 3 is 2.52 bits per heavy atom. The minimum Gasteiger partial charge on any atom is -0.315 e. The summed E-state index contributed by atoms with van der Waals surface area (Å²) in [7, 11) is 0. The van der Waals surface area contributed by atoms with Gasteiger partial charge in [-0.25, -0.2) is 0 Å². The molecule has 1 aliphatic carbocycles. The molecule has 3 rings (SSSR count). The molecule has 1 N–H and O–H groups in total. The number of Topliss-reactive ketones (excluding diaryl/α,β-unsaturated/α-hetero) is 1. The van der Waals surface area contributed by atoms with Crippen LogP contribution in [0.5, 0.6) is 0 Å². The smallest absolute Gasteiger partial charge is 0.147 e. The van der Waals surface area contributed by atoms with E-state index in [0.29, 0.717) is 5.78 Å². The van der Waals surface area contributed by atoms with Crippen molar-refractivity contribution >= 4 is 5.78 Å². The molecule has 1 aliphatic heterocycles. The molecule has 1 aromatic rings. The number of rotatable bonds is 4. The highest BCUT2D eigenvalue weighted by Crippen LogP contribution is 2.39. The highest BCUT2D eigenvalue weighted by Gasteiger charge is 2.44. The van der Waals surface area contributed by atoms with Crippen LogP contribution >= 0.6 is 0 Å². The zero-order valence-electron chi connectivity index (χ0n) is 13.0. The second-order valence-corrected chi connectivity index (χ2v) is 6.60. The normalized spacial score (nSPS) is 26.9. The van der Waals surface area contributed by atoms with Gasteiger partial charge in [0.15, 0.2) is 0 Å². The highest BCUT2D eigenvalue weighted by atomic mass is 16.1. The molecule has 1 saturated carbocycles. The lowest BCUT2D eigenvalue weighted by Crippen LogP contribution is -2.51. The number of hydrogen-bond acceptors (Lipinski definition) is 2. The Hall–Kier alpha value is -1.15. The third-order valence-corrected chi connectivity index (χ3v) is 5.32. The minimum absolute atomic E-state index is 0.282. The summed E-state index contributed by atoms with van der Waals surface area (Å²) >= 11 is 0. The Morgan fingerprint density at radius 2 is 1.95 bits per heavy atom. The first kappa shape index (κ1) is 14.8. The van der Waals surface area contributed by atoms with Crippen molar-refractivity contribution < 1.29 is 4.79 Å². The zero-order chi connectivity index (χ0) is 14.7. The lowest BCUT2D eigenvalue weighted by Gasteiger charge is -2.38. The van der Waals surface area contributed by atoms with E-state index < -0.39 is 0 Å². The van der Waals surface area contributed by atoms with Crippen molar-refractivity contribution in [2.24, 2.45) is 5.92 Å². The molecule has 1 unspecified atom stereocenters. The lowest BCUT2D eigenvalue weighted by atomic mass is 9.68. The van der Waals surface area contributed by atoms with Crippen molar-refractivity contribution in [2.45, 2.75) is 50.9 Å². The van der Waals surface area contributed by atoms with E-state index in [2.05, 4.69) is 42.9 Å². The molecule has 113 valence electrons. The van der Waals surface area contributed by atoms with E-state index in [1.165, 1.54) is 24.0 Å². The summed E-state index contributed by atoms with van der Waals surface area (Å²) in [5.74, 6) is 0.761. The van der Waals surface area contributed by atoms with E-state index in [1.807, 2.05) is 0 Å². The van der Waals surface area contributed by atoms with Crippen LogP contribution in [-0.2, 0) is 16.6 Å². The van der Waals surface area contributed by atoms with Gasteiger partial charge in [-0.05, 0) is 49.8 Å². The van der Waals surface area contributed by atoms with Crippen LogP contribution in [0.2, 0.25) is 0 Å². The van der Waals surface area contributed by atoms with Crippen molar-refractivity contribution in [3.63, 3.8) is 0 Å². The first-order chi connectivity index (χ1) is 10.3. The van der Waals surface area contributed by atoms with Crippen molar-refractivity contribution in [1.82, 2.24) is 5.32 Å². The van der Waals surface area contributed by atoms with E-state index in [9.17, 15) is 4.79 Å². The molecule has 1 saturated heterocycles. The lowest BCUT2D eigenvalue weighted by molar-refractivity contribution is -0.128. The van der Waals surface area contributed by atoms with Gasteiger partial charge in [0.2, 0.25) is 0 Å². The van der Waals surface area contributed by atoms with Crippen LogP contribution in [0.3, 0.4) is 0 Å². The predicted molar refractivity (Wildman–Crippen MR) is 86.2 cm³/mol. The number of benzene rings is 1. The Morgan fingerprint density at radius 1 is 1.24 bits per heavy atom. The van der Waals surface area contributed by atoms with E-state index in [0.717, 1.165) is 38.8 Å². The van der Waals surface area contributed by atoms with E-state index >= 15 is 0 Å². The molecule has 1 heterocycles. The van der Waals surface area contributed by atoms with Gasteiger partial charge < -0.3 is 5.32 Å². The van der Waals surface area contributed by atoms with Gasteiger partial charge in [-0.1, -0.05) is 44.0 Å². The average Bonchev–Trinajstić information content (AvgIpc) is 3.09. The van der Waals surface area contributed by atoms with Crippen LogP contribution in [-0.4, -0.2) is 18.9 Å². The molecule has 0 aromatic heterocycles. The summed E-state index contributed by atoms with van der Waals surface area (Å²) in [5, 5.41) is 3.43. The summed E-state index contributed by atoms with van der Waals surface area (Å²) in [4.78, 5) is 13.2. The molecule has 2 fully saturated rings. The maximum absolute atomic E-state index is 13.2. The quantitative estimate of drug-likeness (QED) is 0.917. The van der Waals surface area contributed by atoms with Gasteiger partial charge >= 0.3 is 0 Å². The summed E-state index contributed by atoms with van der Waals surface area (Å²) in [6.07, 6.45) is 8.80. The van der Waals surface area contributed by atoms with Crippen molar-refractivity contribution in [3.05, 3.63) is 41.8 Å². The first-order valence-corrected chi connectivity index (χ1v) is 8.42. The third-order valence-electron chi connectivity index (χ3n) is 5.32. The highest BCUT2D eigenvalue weighted by molar-refractivity contribution is 5.93. The van der Waals surface area contributed by atoms with Crippen LogP contribution in [0.4, 0.5) is 0 Å². The molecule has 1 aromatic carbocycles. The van der Waals surface area contributed by atoms with Crippen molar-refractivity contribution in [2.75, 3.05) is 13.1 Å². The fraction of sp³-hybridized carbons (Fsp3) is 0.579. The van der Waals surface area contributed by atoms with Crippen LogP contribution in [0, 0.1) is 12.3 Å². The monoisotopic (exact) mass is 284 g/mol. The Labute approximate surface area is 128 Å². The number of carbonyl (C=O) groups is 1. The zero-order valence-corrected chi connectivity index (χ0v) is 13.0. The van der Waals surface area contributed by atoms with Gasteiger partial charge in [0.1, 0.15) is 5.78 Å². The molecule has 0 spiro atoms. The molecule has 2 aliphatic rings. The molecular weight excluding hydrogens is 258 g/mol. The van der Waals surface area contributed by atoms with Gasteiger partial charge in [0, 0.05) is 12.5 Å². The molecule has 21 heavy (non-hydrogen) atoms. The first-order valence-electron chi connectivity index (χ1n) is 8.42. The number of ketones is 1. The average molecular weight is 284 g/mol. The number of piperidine rings is 1. The molecule has 0 bridgehead atoms. The topological polar surface area (TPSA) is 29.1 Å². The third kappa shape index (κ3) is 2.78. The van der Waals surface area contributed by atoms with Crippen LogP contribution < -0.4 is 5.32 Å². The summed E-state index contributed by atoms with van der Waals surface area (Å²) in [5.41, 5.74) is 2.23. The Kier molecular flexibility index (Phi) is 4.44. The van der Waals surface area contributed by atoms with Crippen LogP contribution in [0.15, 0.2) is 24.3 Å². The van der Waals surface area contributed by atoms with Gasteiger partial charge in [-0.2, -0.15) is 0 Å². The fourth-order valence-electron chi connectivity index (χ4n) is 3.97. The van der Waals surface area contributed by atoms with E-state index in [4.69, 9.17) is 0 Å². The van der Waals surface area contributed by atoms with Gasteiger partial charge in [-0.15, -0.1) is 0 Å². The summed E-state index contributed by atoms with van der Waals surface area (Å²) in [6.45, 7) is 3.89. The molecule has 2 nitrogen and oxygen atoms in total. The molecule has 2 heteroatoms. The molecule has 1 atom stereocenters. The minimum atomic E-state index is -0.320. The second-order valence-electron chi connectivity index (χ2n) is 6.60.